The molecule has 0 bridgehead atoms. The van der Waals surface area contributed by atoms with Crippen LogP contribution in [0.2, 0.25) is 5.02 Å². The summed E-state index contributed by atoms with van der Waals surface area (Å²) in [5, 5.41) is 2.75. The molecule has 4 rings (SSSR count). The highest BCUT2D eigenvalue weighted by Gasteiger charge is 2.25. The number of Topliss-reactive ketones (excluding diaryl/α,β-unsaturated/α-hetero) is 1. The molecule has 2 aromatic carbocycles. The molecule has 1 amide bonds. The third-order valence-electron chi connectivity index (χ3n) is 4.44. The molecule has 144 valence electrons. The van der Waals surface area contributed by atoms with Crippen LogP contribution in [0, 0.1) is 11.6 Å². The van der Waals surface area contributed by atoms with Crippen molar-refractivity contribution in [3.8, 4) is 11.1 Å². The van der Waals surface area contributed by atoms with E-state index in [2.05, 4.69) is 5.32 Å². The number of pyridine rings is 1. The Kier molecular flexibility index (Phi) is 4.86. The van der Waals surface area contributed by atoms with Crippen LogP contribution in [0.4, 0.5) is 14.5 Å². The third-order valence-corrected chi connectivity index (χ3v) is 4.69. The number of fused-ring (bicyclic) bond motifs is 1. The maximum Gasteiger partial charge on any atom is 0.298 e. The van der Waals surface area contributed by atoms with Crippen molar-refractivity contribution < 1.29 is 18.4 Å². The van der Waals surface area contributed by atoms with E-state index in [4.69, 9.17) is 11.6 Å². The monoisotopic (exact) mass is 410 g/mol. The number of anilines is 1. The molecule has 0 saturated carbocycles. The Balaban J connectivity index is 1.77. The number of carbonyl (C=O) groups is 2. The van der Waals surface area contributed by atoms with Gasteiger partial charge in [0.15, 0.2) is 0 Å². The van der Waals surface area contributed by atoms with E-state index in [1.807, 2.05) is 6.07 Å². The number of amides is 1. The Bertz CT molecular complexity index is 1250. The number of carbonyl (C=O) groups excluding carboxylic acids is 2. The van der Waals surface area contributed by atoms with Crippen LogP contribution in [0.5, 0.6) is 0 Å². The van der Waals surface area contributed by atoms with Crippen LogP contribution >= 0.6 is 11.6 Å². The molecule has 0 unspecified atom stereocenters. The molecule has 0 spiro atoms. The molecule has 7 heteroatoms. The smallest absolute Gasteiger partial charge is 0.298 e. The highest BCUT2D eigenvalue weighted by atomic mass is 35.5. The second-order valence-electron chi connectivity index (χ2n) is 6.32. The Hall–Kier alpha value is -3.51. The van der Waals surface area contributed by atoms with Gasteiger partial charge in [0.1, 0.15) is 17.3 Å². The lowest BCUT2D eigenvalue weighted by Gasteiger charge is -2.08. The van der Waals surface area contributed by atoms with E-state index in [1.165, 1.54) is 0 Å². The van der Waals surface area contributed by atoms with Crippen molar-refractivity contribution in [2.75, 3.05) is 5.32 Å². The van der Waals surface area contributed by atoms with Crippen molar-refractivity contribution in [1.82, 2.24) is 4.40 Å². The van der Waals surface area contributed by atoms with Gasteiger partial charge in [-0.25, -0.2) is 8.78 Å². The highest BCUT2D eigenvalue weighted by Crippen LogP contribution is 2.29. The van der Waals surface area contributed by atoms with Crippen molar-refractivity contribution in [2.24, 2.45) is 0 Å². The molecule has 0 radical (unpaired) electrons. The van der Waals surface area contributed by atoms with Crippen molar-refractivity contribution in [3.05, 3.63) is 95.3 Å². The van der Waals surface area contributed by atoms with Gasteiger partial charge in [0.2, 0.25) is 0 Å². The number of nitrogens with one attached hydrogen (secondary N) is 1. The molecule has 2 aromatic heterocycles. The largest absolute Gasteiger partial charge is 0.317 e. The summed E-state index contributed by atoms with van der Waals surface area (Å²) >= 11 is 5.95. The van der Waals surface area contributed by atoms with Gasteiger partial charge in [-0.2, -0.15) is 0 Å². The highest BCUT2D eigenvalue weighted by molar-refractivity contribution is 6.47. The molecule has 0 atom stereocenters. The number of hydrogen-bond acceptors (Lipinski definition) is 2. The van der Waals surface area contributed by atoms with E-state index >= 15 is 0 Å². The third kappa shape index (κ3) is 3.62. The van der Waals surface area contributed by atoms with Crippen LogP contribution in [0.15, 0.2) is 72.9 Å². The fraction of sp³-hybridized carbons (Fsp3) is 0. The molecule has 0 aliphatic heterocycles. The molecule has 0 aliphatic rings. The first kappa shape index (κ1) is 18.8. The van der Waals surface area contributed by atoms with E-state index in [0.29, 0.717) is 27.7 Å². The lowest BCUT2D eigenvalue weighted by molar-refractivity contribution is -0.112. The second-order valence-corrected chi connectivity index (χ2v) is 6.75. The van der Waals surface area contributed by atoms with Gasteiger partial charge >= 0.3 is 0 Å². The average Bonchev–Trinajstić information content (AvgIpc) is 3.09. The Labute approximate surface area is 169 Å². The summed E-state index contributed by atoms with van der Waals surface area (Å²) in [4.78, 5) is 25.6. The standard InChI is InChI=1S/C22H13ClF2N2O2/c23-14-6-4-13(5-7-14)17-12-16-3-1-2-10-27(16)20(17)21(28)22(29)26-19-9-8-15(24)11-18(19)25/h1-12H,(H,26,29). The van der Waals surface area contributed by atoms with Crippen LogP contribution < -0.4 is 5.32 Å². The molecule has 4 aromatic rings. The zero-order valence-corrected chi connectivity index (χ0v) is 15.6. The Morgan fingerprint density at radius 1 is 0.931 bits per heavy atom. The fourth-order valence-electron chi connectivity index (χ4n) is 3.08. The minimum absolute atomic E-state index is 0.128. The minimum Gasteiger partial charge on any atom is -0.317 e. The zero-order chi connectivity index (χ0) is 20.5. The van der Waals surface area contributed by atoms with Crippen molar-refractivity contribution in [2.45, 2.75) is 0 Å². The van der Waals surface area contributed by atoms with Gasteiger partial charge in [0.25, 0.3) is 11.7 Å². The minimum atomic E-state index is -1.03. The summed E-state index contributed by atoms with van der Waals surface area (Å²) < 4.78 is 28.5. The van der Waals surface area contributed by atoms with Crippen LogP contribution in [0.1, 0.15) is 10.5 Å². The van der Waals surface area contributed by atoms with Gasteiger partial charge in [-0.1, -0.05) is 29.8 Å². The topological polar surface area (TPSA) is 50.6 Å². The SMILES string of the molecule is O=C(Nc1ccc(F)cc1F)C(=O)c1c(-c2ccc(Cl)cc2)cc2ccccn12. The molecule has 29 heavy (non-hydrogen) atoms. The number of ketones is 1. The number of halogens is 3. The van der Waals surface area contributed by atoms with Gasteiger partial charge in [0, 0.05) is 28.4 Å². The van der Waals surface area contributed by atoms with Gasteiger partial charge in [0.05, 0.1) is 5.69 Å². The predicted octanol–water partition coefficient (Wildman–Crippen LogP) is 5.36. The van der Waals surface area contributed by atoms with E-state index in [0.717, 1.165) is 12.1 Å². The number of aromatic nitrogens is 1. The summed E-state index contributed by atoms with van der Waals surface area (Å²) in [7, 11) is 0. The molecule has 2 heterocycles. The van der Waals surface area contributed by atoms with Crippen molar-refractivity contribution in [3.63, 3.8) is 0 Å². The first-order valence-electron chi connectivity index (χ1n) is 8.61. The number of rotatable bonds is 4. The molecule has 1 N–H and O–H groups in total. The van der Waals surface area contributed by atoms with E-state index < -0.39 is 23.3 Å². The summed E-state index contributed by atoms with van der Waals surface area (Å²) in [6, 6.07) is 16.7. The Morgan fingerprint density at radius 2 is 1.69 bits per heavy atom. The molecule has 4 nitrogen and oxygen atoms in total. The Morgan fingerprint density at radius 3 is 2.41 bits per heavy atom. The first-order valence-corrected chi connectivity index (χ1v) is 8.98. The van der Waals surface area contributed by atoms with Crippen LogP contribution in [0.25, 0.3) is 16.6 Å². The number of benzene rings is 2. The zero-order valence-electron chi connectivity index (χ0n) is 14.8. The van der Waals surface area contributed by atoms with E-state index in [9.17, 15) is 18.4 Å². The molecule has 0 aliphatic carbocycles. The van der Waals surface area contributed by atoms with Crippen LogP contribution in [0.3, 0.4) is 0 Å². The number of hydrogen-bond donors (Lipinski definition) is 1. The maximum absolute atomic E-state index is 13.9. The van der Waals surface area contributed by atoms with Crippen molar-refractivity contribution >= 4 is 34.5 Å². The second kappa shape index (κ2) is 7.48. The van der Waals surface area contributed by atoms with Crippen LogP contribution in [-0.4, -0.2) is 16.1 Å². The summed E-state index contributed by atoms with van der Waals surface area (Å²) in [5.74, 6) is -3.64. The summed E-state index contributed by atoms with van der Waals surface area (Å²) in [6.45, 7) is 0. The van der Waals surface area contributed by atoms with Gasteiger partial charge in [-0.05, 0) is 48.0 Å². The molecule has 0 saturated heterocycles. The molecular formula is C22H13ClF2N2O2. The normalized spacial score (nSPS) is 10.9. The maximum atomic E-state index is 13.9. The fourth-order valence-corrected chi connectivity index (χ4v) is 3.21. The molecule has 0 fully saturated rings. The van der Waals surface area contributed by atoms with E-state index in [1.54, 1.807) is 53.1 Å². The van der Waals surface area contributed by atoms with Crippen molar-refractivity contribution in [1.29, 1.82) is 0 Å². The lowest BCUT2D eigenvalue weighted by atomic mass is 10.0. The van der Waals surface area contributed by atoms with Gasteiger partial charge in [-0.3, -0.25) is 9.59 Å². The quantitative estimate of drug-likeness (QED) is 0.364. The number of nitrogens with zero attached hydrogens (tertiary/aromatic N) is 1. The van der Waals surface area contributed by atoms with Gasteiger partial charge < -0.3 is 9.72 Å². The van der Waals surface area contributed by atoms with Crippen LogP contribution in [-0.2, 0) is 4.79 Å². The summed E-state index contributed by atoms with van der Waals surface area (Å²) in [6.07, 6.45) is 1.66. The molecular weight excluding hydrogens is 398 g/mol. The average molecular weight is 411 g/mol. The first-order chi connectivity index (χ1) is 13.9. The van der Waals surface area contributed by atoms with Gasteiger partial charge in [-0.15, -0.1) is 0 Å². The lowest BCUT2D eigenvalue weighted by Crippen LogP contribution is -2.25. The summed E-state index contributed by atoms with van der Waals surface area (Å²) in [5.41, 5.74) is 1.79. The van der Waals surface area contributed by atoms with E-state index in [-0.39, 0.29) is 11.4 Å². The predicted molar refractivity (Wildman–Crippen MR) is 107 cm³/mol.